The fraction of sp³-hybridized carbons (Fsp3) is 0.143. The number of ether oxygens (including phenoxy) is 1. The highest BCUT2D eigenvalue weighted by molar-refractivity contribution is 7.20. The molecule has 0 spiro atoms. The number of aryl methyl sites for hydroxylation is 1. The first kappa shape index (κ1) is 16.5. The molecular weight excluding hydrogens is 344 g/mol. The van der Waals surface area contributed by atoms with E-state index in [4.69, 9.17) is 9.72 Å². The predicted molar refractivity (Wildman–Crippen MR) is 107 cm³/mol. The van der Waals surface area contributed by atoms with Gasteiger partial charge in [-0.3, -0.25) is 4.79 Å². The minimum absolute atomic E-state index is 0.127. The summed E-state index contributed by atoms with van der Waals surface area (Å²) in [5.41, 5.74) is 2.87. The molecule has 130 valence electrons. The molecule has 0 aliphatic heterocycles. The van der Waals surface area contributed by atoms with E-state index in [2.05, 4.69) is 36.5 Å². The lowest BCUT2D eigenvalue weighted by atomic mass is 10.1. The summed E-state index contributed by atoms with van der Waals surface area (Å²) in [6.07, 6.45) is 0. The van der Waals surface area contributed by atoms with Crippen molar-refractivity contribution in [3.63, 3.8) is 0 Å². The molecule has 0 radical (unpaired) electrons. The van der Waals surface area contributed by atoms with Crippen LogP contribution in [0.25, 0.3) is 21.1 Å². The van der Waals surface area contributed by atoms with Crippen LogP contribution in [0.4, 0.5) is 5.69 Å². The van der Waals surface area contributed by atoms with Crippen LogP contribution in [0.15, 0.2) is 54.6 Å². The molecule has 1 N–H and O–H groups in total. The Morgan fingerprint density at radius 3 is 2.65 bits per heavy atom. The van der Waals surface area contributed by atoms with Gasteiger partial charge in [0.05, 0.1) is 17.0 Å². The van der Waals surface area contributed by atoms with E-state index in [9.17, 15) is 4.79 Å². The number of hydrogen-bond donors (Lipinski definition) is 1. The topological polar surface area (TPSA) is 51.2 Å². The average Bonchev–Trinajstić information content (AvgIpc) is 3.04. The summed E-state index contributed by atoms with van der Waals surface area (Å²) in [7, 11) is 0. The van der Waals surface area contributed by atoms with Crippen LogP contribution in [0, 0.1) is 6.92 Å². The van der Waals surface area contributed by atoms with Crippen LogP contribution in [-0.4, -0.2) is 17.5 Å². The van der Waals surface area contributed by atoms with Gasteiger partial charge in [-0.2, -0.15) is 0 Å². The van der Waals surface area contributed by atoms with Crippen molar-refractivity contribution in [2.45, 2.75) is 13.8 Å². The molecule has 2 aromatic carbocycles. The van der Waals surface area contributed by atoms with Gasteiger partial charge in [0.2, 0.25) is 0 Å². The average molecular weight is 362 g/mol. The summed E-state index contributed by atoms with van der Waals surface area (Å²) < 4.78 is 5.42. The second-order valence-corrected chi connectivity index (χ2v) is 7.13. The van der Waals surface area contributed by atoms with Gasteiger partial charge >= 0.3 is 0 Å². The quantitative estimate of drug-likeness (QED) is 0.528. The third kappa shape index (κ3) is 3.26. The molecule has 4 nitrogen and oxygen atoms in total. The standard InChI is InChI=1S/C21H18N2O2S/c1-3-25-17-8-6-16(7-9-17)22-20(24)19-12-15-11-14-5-4-13(2)10-18(14)23-21(15)26-19/h4-12H,3H2,1-2H3,(H,22,24). The van der Waals surface area contributed by atoms with E-state index >= 15 is 0 Å². The first-order valence-corrected chi connectivity index (χ1v) is 9.29. The third-order valence-electron chi connectivity index (χ3n) is 4.11. The molecular formula is C21H18N2O2S. The summed E-state index contributed by atoms with van der Waals surface area (Å²) in [5, 5.41) is 5.00. The number of aromatic nitrogens is 1. The molecule has 26 heavy (non-hydrogen) atoms. The number of thiophene rings is 1. The van der Waals surface area contributed by atoms with Crippen LogP contribution in [0.3, 0.4) is 0 Å². The Kier molecular flexibility index (Phi) is 4.31. The molecule has 0 unspecified atom stereocenters. The van der Waals surface area contributed by atoms with Gasteiger partial charge in [-0.25, -0.2) is 4.98 Å². The highest BCUT2D eigenvalue weighted by Gasteiger charge is 2.12. The lowest BCUT2D eigenvalue weighted by molar-refractivity contribution is 0.103. The summed E-state index contributed by atoms with van der Waals surface area (Å²) in [6.45, 7) is 4.61. The van der Waals surface area contributed by atoms with E-state index in [1.165, 1.54) is 16.9 Å². The second-order valence-electron chi connectivity index (χ2n) is 6.10. The number of nitrogens with zero attached hydrogens (tertiary/aromatic N) is 1. The zero-order valence-corrected chi connectivity index (χ0v) is 15.4. The van der Waals surface area contributed by atoms with E-state index in [1.54, 1.807) is 0 Å². The molecule has 0 aliphatic carbocycles. The van der Waals surface area contributed by atoms with Gasteiger partial charge in [0.1, 0.15) is 10.6 Å². The molecule has 4 rings (SSSR count). The number of anilines is 1. The van der Waals surface area contributed by atoms with Crippen molar-refractivity contribution in [2.75, 3.05) is 11.9 Å². The maximum atomic E-state index is 12.6. The maximum Gasteiger partial charge on any atom is 0.265 e. The number of rotatable bonds is 4. The van der Waals surface area contributed by atoms with Crippen LogP contribution in [0.1, 0.15) is 22.2 Å². The van der Waals surface area contributed by atoms with Crippen molar-refractivity contribution >= 4 is 44.1 Å². The summed E-state index contributed by atoms with van der Waals surface area (Å²) >= 11 is 1.41. The Morgan fingerprint density at radius 1 is 1.08 bits per heavy atom. The summed E-state index contributed by atoms with van der Waals surface area (Å²) in [5.74, 6) is 0.663. The van der Waals surface area contributed by atoms with Crippen molar-refractivity contribution < 1.29 is 9.53 Å². The Hall–Kier alpha value is -2.92. The number of fused-ring (bicyclic) bond motifs is 2. The number of benzene rings is 2. The molecule has 1 amide bonds. The molecule has 0 saturated heterocycles. The highest BCUT2D eigenvalue weighted by Crippen LogP contribution is 2.28. The Morgan fingerprint density at radius 2 is 1.88 bits per heavy atom. The normalized spacial score (nSPS) is 11.0. The van der Waals surface area contributed by atoms with Gasteiger partial charge in [0.25, 0.3) is 5.91 Å². The van der Waals surface area contributed by atoms with E-state index in [-0.39, 0.29) is 5.91 Å². The van der Waals surface area contributed by atoms with Crippen LogP contribution in [0.5, 0.6) is 5.75 Å². The highest BCUT2D eigenvalue weighted by atomic mass is 32.1. The fourth-order valence-corrected chi connectivity index (χ4v) is 3.76. The Balaban J connectivity index is 1.61. The van der Waals surface area contributed by atoms with Gasteiger partial charge in [-0.1, -0.05) is 12.1 Å². The lowest BCUT2D eigenvalue weighted by Crippen LogP contribution is -2.09. The van der Waals surface area contributed by atoms with Crippen molar-refractivity contribution in [3.8, 4) is 5.75 Å². The minimum atomic E-state index is -0.127. The molecule has 0 fully saturated rings. The maximum absolute atomic E-state index is 12.6. The molecule has 0 atom stereocenters. The lowest BCUT2D eigenvalue weighted by Gasteiger charge is -2.06. The number of pyridine rings is 1. The zero-order chi connectivity index (χ0) is 18.1. The molecule has 2 heterocycles. The van der Waals surface area contributed by atoms with Crippen molar-refractivity contribution in [1.29, 1.82) is 0 Å². The number of amides is 1. The molecule has 5 heteroatoms. The number of carbonyl (C=O) groups excluding carboxylic acids is 1. The summed E-state index contributed by atoms with van der Waals surface area (Å²) in [6, 6.07) is 17.6. The van der Waals surface area contributed by atoms with E-state index in [0.717, 1.165) is 32.6 Å². The fourth-order valence-electron chi connectivity index (χ4n) is 2.84. The van der Waals surface area contributed by atoms with E-state index < -0.39 is 0 Å². The Labute approximate surface area is 155 Å². The largest absolute Gasteiger partial charge is 0.494 e. The van der Waals surface area contributed by atoms with Crippen LogP contribution in [0.2, 0.25) is 0 Å². The summed E-state index contributed by atoms with van der Waals surface area (Å²) in [4.78, 5) is 18.8. The molecule has 0 saturated carbocycles. The van der Waals surface area contributed by atoms with Gasteiger partial charge < -0.3 is 10.1 Å². The SMILES string of the molecule is CCOc1ccc(NC(=O)c2cc3cc4ccc(C)cc4nc3s2)cc1. The van der Waals surface area contributed by atoms with Crippen molar-refractivity contribution in [3.05, 3.63) is 65.0 Å². The predicted octanol–water partition coefficient (Wildman–Crippen LogP) is 5.41. The monoisotopic (exact) mass is 362 g/mol. The Bertz CT molecular complexity index is 1100. The van der Waals surface area contributed by atoms with Crippen LogP contribution in [-0.2, 0) is 0 Å². The smallest absolute Gasteiger partial charge is 0.265 e. The first-order valence-electron chi connectivity index (χ1n) is 8.47. The zero-order valence-electron chi connectivity index (χ0n) is 14.6. The first-order chi connectivity index (χ1) is 12.6. The van der Waals surface area contributed by atoms with Crippen molar-refractivity contribution in [1.82, 2.24) is 4.98 Å². The number of carbonyl (C=O) groups is 1. The third-order valence-corrected chi connectivity index (χ3v) is 5.15. The molecule has 2 aromatic heterocycles. The van der Waals surface area contributed by atoms with Gasteiger partial charge in [-0.05, 0) is 61.9 Å². The van der Waals surface area contributed by atoms with E-state index in [0.29, 0.717) is 11.5 Å². The van der Waals surface area contributed by atoms with Crippen LogP contribution < -0.4 is 10.1 Å². The molecule has 0 aliphatic rings. The molecule has 4 aromatic rings. The second kappa shape index (κ2) is 6.77. The van der Waals surface area contributed by atoms with Crippen LogP contribution >= 0.6 is 11.3 Å². The van der Waals surface area contributed by atoms with Gasteiger partial charge in [0.15, 0.2) is 0 Å². The minimum Gasteiger partial charge on any atom is -0.494 e. The van der Waals surface area contributed by atoms with E-state index in [1.807, 2.05) is 37.3 Å². The molecule has 0 bridgehead atoms. The van der Waals surface area contributed by atoms with Crippen molar-refractivity contribution in [2.24, 2.45) is 0 Å². The number of nitrogens with one attached hydrogen (secondary N) is 1. The van der Waals surface area contributed by atoms with Gasteiger partial charge in [-0.15, -0.1) is 11.3 Å². The number of hydrogen-bond acceptors (Lipinski definition) is 4. The van der Waals surface area contributed by atoms with Gasteiger partial charge in [0, 0.05) is 16.5 Å².